The van der Waals surface area contributed by atoms with Crippen LogP contribution in [0.5, 0.6) is 5.75 Å². The van der Waals surface area contributed by atoms with Gasteiger partial charge in [-0.2, -0.15) is 0 Å². The molecule has 8 nitrogen and oxygen atoms in total. The van der Waals surface area contributed by atoms with Gasteiger partial charge in [0.1, 0.15) is 5.76 Å². The van der Waals surface area contributed by atoms with Gasteiger partial charge in [0.05, 0.1) is 26.0 Å². The fourth-order valence-corrected chi connectivity index (χ4v) is 3.46. The first-order valence-electron chi connectivity index (χ1n) is 9.61. The van der Waals surface area contributed by atoms with E-state index in [2.05, 4.69) is 4.74 Å². The number of hydrogen-bond acceptors (Lipinski definition) is 7. The lowest BCUT2D eigenvalue weighted by Crippen LogP contribution is -2.45. The molecule has 2 heterocycles. The Morgan fingerprint density at radius 2 is 1.94 bits per heavy atom. The number of methoxy groups -OCH3 is 1. The zero-order valence-electron chi connectivity index (χ0n) is 16.8. The Bertz CT molecular complexity index is 1020. The lowest BCUT2D eigenvalue weighted by molar-refractivity contribution is -0.141. The Labute approximate surface area is 176 Å². The van der Waals surface area contributed by atoms with Gasteiger partial charge in [-0.3, -0.25) is 19.3 Å². The van der Waals surface area contributed by atoms with E-state index in [0.717, 1.165) is 31.7 Å². The van der Waals surface area contributed by atoms with Gasteiger partial charge in [-0.05, 0) is 17.7 Å². The fourth-order valence-electron chi connectivity index (χ4n) is 3.46. The molecule has 1 atom stereocenters. The van der Waals surface area contributed by atoms with Crippen molar-refractivity contribution in [2.45, 2.75) is 18.9 Å². The molecule has 1 aliphatic rings. The van der Waals surface area contributed by atoms with Gasteiger partial charge in [-0.25, -0.2) is 8.78 Å². The molecule has 10 heteroatoms. The normalized spacial score (nSPS) is 15.5. The van der Waals surface area contributed by atoms with Crippen molar-refractivity contribution >= 4 is 12.4 Å². The maximum Gasteiger partial charge on any atom is 0.306 e. The summed E-state index contributed by atoms with van der Waals surface area (Å²) >= 11 is 0. The second kappa shape index (κ2) is 9.69. The zero-order chi connectivity index (χ0) is 22.5. The van der Waals surface area contributed by atoms with Crippen LogP contribution >= 0.6 is 0 Å². The summed E-state index contributed by atoms with van der Waals surface area (Å²) in [4.78, 5) is 38.8. The Balaban J connectivity index is 1.96. The molecule has 2 aromatic rings. The summed E-state index contributed by atoms with van der Waals surface area (Å²) in [5.74, 6) is -4.68. The largest absolute Gasteiger partial charge is 0.502 e. The molecule has 1 aliphatic heterocycles. The number of amides is 1. The molecule has 1 N–H and O–H groups in total. The molecule has 31 heavy (non-hydrogen) atoms. The summed E-state index contributed by atoms with van der Waals surface area (Å²) in [5.41, 5.74) is -0.584. The van der Waals surface area contributed by atoms with Crippen molar-refractivity contribution in [1.29, 1.82) is 0 Å². The summed E-state index contributed by atoms with van der Waals surface area (Å²) in [6.45, 7) is 2.41. The summed E-state index contributed by atoms with van der Waals surface area (Å²) in [6, 6.07) is 4.16. The van der Waals surface area contributed by atoms with Gasteiger partial charge >= 0.3 is 5.97 Å². The number of nitrogens with zero attached hydrogens (tertiary/aromatic N) is 2. The summed E-state index contributed by atoms with van der Waals surface area (Å²) in [7, 11) is 1.16. The molecule has 0 radical (unpaired) electrons. The second-order valence-electron chi connectivity index (χ2n) is 7.21. The van der Waals surface area contributed by atoms with Gasteiger partial charge < -0.3 is 19.2 Å². The van der Waals surface area contributed by atoms with E-state index in [9.17, 15) is 28.3 Å². The van der Waals surface area contributed by atoms with Crippen molar-refractivity contribution in [2.75, 3.05) is 33.3 Å². The Morgan fingerprint density at radius 3 is 2.55 bits per heavy atom. The number of benzene rings is 1. The van der Waals surface area contributed by atoms with Gasteiger partial charge in [0, 0.05) is 32.2 Å². The van der Waals surface area contributed by atoms with E-state index in [1.807, 2.05) is 4.90 Å². The minimum Gasteiger partial charge on any atom is -0.502 e. The highest BCUT2D eigenvalue weighted by molar-refractivity contribution is 5.71. The van der Waals surface area contributed by atoms with Gasteiger partial charge in [0.2, 0.25) is 17.6 Å². The van der Waals surface area contributed by atoms with Crippen LogP contribution in [-0.4, -0.2) is 60.6 Å². The van der Waals surface area contributed by atoms with Crippen LogP contribution in [0.2, 0.25) is 0 Å². The van der Waals surface area contributed by atoms with Crippen molar-refractivity contribution in [3.63, 3.8) is 0 Å². The highest BCUT2D eigenvalue weighted by Gasteiger charge is 2.28. The predicted octanol–water partition coefficient (Wildman–Crippen LogP) is 1.59. The van der Waals surface area contributed by atoms with Crippen LogP contribution in [-0.2, 0) is 20.9 Å². The van der Waals surface area contributed by atoms with Crippen LogP contribution < -0.4 is 5.43 Å². The van der Waals surface area contributed by atoms with E-state index in [1.54, 1.807) is 4.90 Å². The Kier molecular flexibility index (Phi) is 7.01. The number of piperazine rings is 1. The number of ether oxygens (including phenoxy) is 1. The first-order valence-corrected chi connectivity index (χ1v) is 9.61. The van der Waals surface area contributed by atoms with Crippen molar-refractivity contribution < 1.29 is 32.6 Å². The maximum absolute atomic E-state index is 13.8. The van der Waals surface area contributed by atoms with Crippen molar-refractivity contribution in [3.8, 4) is 5.75 Å². The van der Waals surface area contributed by atoms with Crippen LogP contribution in [0.25, 0.3) is 0 Å². The number of hydrogen-bond donors (Lipinski definition) is 1. The summed E-state index contributed by atoms with van der Waals surface area (Å²) in [5, 5.41) is 10.4. The molecule has 1 saturated heterocycles. The minimum atomic E-state index is -1.14. The fraction of sp³-hybridized carbons (Fsp3) is 0.381. The van der Waals surface area contributed by atoms with Crippen LogP contribution in [0.4, 0.5) is 8.78 Å². The van der Waals surface area contributed by atoms with Crippen LogP contribution in [0.15, 0.2) is 33.5 Å². The molecule has 0 spiro atoms. The number of carbonyl (C=O) groups is 2. The molecule has 1 fully saturated rings. The first kappa shape index (κ1) is 22.4. The number of halogens is 2. The Hall–Kier alpha value is -3.27. The standard InChI is InChI=1S/C21H22F2N2O6/c1-30-19(28)10-15(13-2-3-16(22)17(23)8-13)21-20(29)18(27)9-14(31-21)11-24-4-6-25(12-26)7-5-24/h2-3,8-9,12,15,29H,4-7,10-11H2,1H3. The van der Waals surface area contributed by atoms with E-state index in [1.165, 1.54) is 6.07 Å². The van der Waals surface area contributed by atoms with Crippen LogP contribution in [0, 0.1) is 11.6 Å². The van der Waals surface area contributed by atoms with E-state index in [0.29, 0.717) is 26.2 Å². The van der Waals surface area contributed by atoms with Gasteiger partial charge in [-0.1, -0.05) is 6.07 Å². The predicted molar refractivity (Wildman–Crippen MR) is 104 cm³/mol. The van der Waals surface area contributed by atoms with Crippen molar-refractivity contribution in [1.82, 2.24) is 9.80 Å². The molecule has 1 amide bonds. The molecule has 166 valence electrons. The molecular weight excluding hydrogens is 414 g/mol. The number of carbonyl (C=O) groups excluding carboxylic acids is 2. The smallest absolute Gasteiger partial charge is 0.306 e. The molecule has 0 bridgehead atoms. The van der Waals surface area contributed by atoms with Crippen molar-refractivity contribution in [2.24, 2.45) is 0 Å². The van der Waals surface area contributed by atoms with Gasteiger partial charge in [-0.15, -0.1) is 0 Å². The van der Waals surface area contributed by atoms with E-state index < -0.39 is 34.7 Å². The van der Waals surface area contributed by atoms with E-state index in [-0.39, 0.29) is 30.0 Å². The third-order valence-corrected chi connectivity index (χ3v) is 5.20. The summed E-state index contributed by atoms with van der Waals surface area (Å²) < 4.78 is 37.7. The molecule has 3 rings (SSSR count). The SMILES string of the molecule is COC(=O)CC(c1ccc(F)c(F)c1)c1oc(CN2CCN(C=O)CC2)cc(=O)c1O. The molecular formula is C21H22F2N2O6. The molecule has 1 unspecified atom stereocenters. The quantitative estimate of drug-likeness (QED) is 0.520. The highest BCUT2D eigenvalue weighted by atomic mass is 19.2. The van der Waals surface area contributed by atoms with Crippen LogP contribution in [0.1, 0.15) is 29.4 Å². The van der Waals surface area contributed by atoms with E-state index in [4.69, 9.17) is 4.42 Å². The monoisotopic (exact) mass is 436 g/mol. The molecule has 1 aromatic heterocycles. The Morgan fingerprint density at radius 1 is 1.23 bits per heavy atom. The molecule has 1 aromatic carbocycles. The van der Waals surface area contributed by atoms with Gasteiger partial charge in [0.25, 0.3) is 0 Å². The third kappa shape index (κ3) is 5.26. The topological polar surface area (TPSA) is 100 Å². The third-order valence-electron chi connectivity index (χ3n) is 5.20. The molecule has 0 aliphatic carbocycles. The number of aromatic hydroxyl groups is 1. The number of esters is 1. The zero-order valence-corrected chi connectivity index (χ0v) is 16.8. The second-order valence-corrected chi connectivity index (χ2v) is 7.21. The highest BCUT2D eigenvalue weighted by Crippen LogP contribution is 2.34. The van der Waals surface area contributed by atoms with E-state index >= 15 is 0 Å². The van der Waals surface area contributed by atoms with Crippen molar-refractivity contribution in [3.05, 3.63) is 63.2 Å². The summed E-state index contributed by atoms with van der Waals surface area (Å²) in [6.07, 6.45) is 0.412. The van der Waals surface area contributed by atoms with Gasteiger partial charge in [0.15, 0.2) is 17.4 Å². The maximum atomic E-state index is 13.8. The first-order chi connectivity index (χ1) is 14.8. The number of rotatable bonds is 7. The lowest BCUT2D eigenvalue weighted by Gasteiger charge is -2.32. The lowest BCUT2D eigenvalue weighted by atomic mass is 9.92. The minimum absolute atomic E-state index is 0.138. The van der Waals surface area contributed by atoms with Crippen LogP contribution in [0.3, 0.4) is 0 Å². The molecule has 0 saturated carbocycles. The average molecular weight is 436 g/mol. The average Bonchev–Trinajstić information content (AvgIpc) is 2.77.